The fourth-order valence-electron chi connectivity index (χ4n) is 3.06. The van der Waals surface area contributed by atoms with Crippen LogP contribution in [0.2, 0.25) is 0 Å². The normalized spacial score (nSPS) is 21.2. The molecule has 0 aromatic rings. The summed E-state index contributed by atoms with van der Waals surface area (Å²) in [6, 6.07) is -0.249. The Balaban J connectivity index is 0.00000220. The molecule has 122 valence electrons. The Morgan fingerprint density at radius 1 is 1.19 bits per heavy atom. The summed E-state index contributed by atoms with van der Waals surface area (Å²) in [7, 11) is 0. The molecule has 2 aliphatic heterocycles. The van der Waals surface area contributed by atoms with Crippen LogP contribution in [0.1, 0.15) is 39.5 Å². The molecule has 2 saturated heterocycles. The Hall–Kier alpha value is -0.810. The standard InChI is InChI=1S/C15H27N3O2.ClH/c1-12(2)11-13(18-8-4-3-5-14(18)19)15(20)17-9-6-16-7-10-17;/h12-13,16H,3-11H2,1-2H3;1H. The van der Waals surface area contributed by atoms with Crippen molar-refractivity contribution in [1.29, 1.82) is 0 Å². The number of carbonyl (C=O) groups excluding carboxylic acids is 2. The number of halogens is 1. The van der Waals surface area contributed by atoms with Crippen molar-refractivity contribution in [2.24, 2.45) is 5.92 Å². The van der Waals surface area contributed by atoms with Gasteiger partial charge >= 0.3 is 0 Å². The molecule has 6 heteroatoms. The van der Waals surface area contributed by atoms with Gasteiger partial charge in [0.2, 0.25) is 11.8 Å². The zero-order valence-electron chi connectivity index (χ0n) is 13.1. The summed E-state index contributed by atoms with van der Waals surface area (Å²) in [4.78, 5) is 28.7. The molecule has 2 fully saturated rings. The number of nitrogens with one attached hydrogen (secondary N) is 1. The van der Waals surface area contributed by atoms with Crippen LogP contribution in [0.4, 0.5) is 0 Å². The molecule has 0 radical (unpaired) electrons. The number of rotatable bonds is 4. The van der Waals surface area contributed by atoms with E-state index in [0.717, 1.165) is 52.0 Å². The first-order valence-corrected chi connectivity index (χ1v) is 7.88. The summed E-state index contributed by atoms with van der Waals surface area (Å²) in [5.41, 5.74) is 0. The second-order valence-corrected chi connectivity index (χ2v) is 6.26. The fraction of sp³-hybridized carbons (Fsp3) is 0.867. The molecule has 5 nitrogen and oxygen atoms in total. The number of carbonyl (C=O) groups is 2. The summed E-state index contributed by atoms with van der Waals surface area (Å²) < 4.78 is 0. The number of piperazine rings is 1. The maximum atomic E-state index is 12.8. The van der Waals surface area contributed by atoms with Crippen molar-refractivity contribution < 1.29 is 9.59 Å². The van der Waals surface area contributed by atoms with E-state index in [1.165, 1.54) is 0 Å². The zero-order chi connectivity index (χ0) is 14.5. The van der Waals surface area contributed by atoms with Crippen LogP contribution in [-0.4, -0.2) is 60.4 Å². The lowest BCUT2D eigenvalue weighted by molar-refractivity contribution is -0.148. The Kier molecular flexibility index (Phi) is 7.46. The van der Waals surface area contributed by atoms with E-state index in [0.29, 0.717) is 12.3 Å². The van der Waals surface area contributed by atoms with Crippen LogP contribution in [0.15, 0.2) is 0 Å². The first-order chi connectivity index (χ1) is 9.59. The molecule has 0 bridgehead atoms. The molecule has 0 aromatic carbocycles. The van der Waals surface area contributed by atoms with E-state index in [4.69, 9.17) is 0 Å². The lowest BCUT2D eigenvalue weighted by Gasteiger charge is -2.38. The minimum Gasteiger partial charge on any atom is -0.338 e. The van der Waals surface area contributed by atoms with Crippen LogP contribution in [0.3, 0.4) is 0 Å². The first-order valence-electron chi connectivity index (χ1n) is 7.88. The number of likely N-dealkylation sites (tertiary alicyclic amines) is 1. The van der Waals surface area contributed by atoms with Gasteiger partial charge in [-0.3, -0.25) is 9.59 Å². The van der Waals surface area contributed by atoms with E-state index in [-0.39, 0.29) is 30.3 Å². The van der Waals surface area contributed by atoms with Crippen molar-refractivity contribution in [2.45, 2.75) is 45.6 Å². The van der Waals surface area contributed by atoms with Crippen molar-refractivity contribution in [1.82, 2.24) is 15.1 Å². The highest BCUT2D eigenvalue weighted by atomic mass is 35.5. The Morgan fingerprint density at radius 2 is 1.86 bits per heavy atom. The Morgan fingerprint density at radius 3 is 2.43 bits per heavy atom. The van der Waals surface area contributed by atoms with Gasteiger partial charge < -0.3 is 15.1 Å². The predicted octanol–water partition coefficient (Wildman–Crippen LogP) is 1.27. The molecule has 0 saturated carbocycles. The predicted molar refractivity (Wildman–Crippen MR) is 85.5 cm³/mol. The van der Waals surface area contributed by atoms with Crippen LogP contribution < -0.4 is 5.32 Å². The summed E-state index contributed by atoms with van der Waals surface area (Å²) in [5.74, 6) is 0.724. The number of piperidine rings is 1. The Labute approximate surface area is 133 Å². The van der Waals surface area contributed by atoms with Crippen molar-refractivity contribution >= 4 is 24.2 Å². The third-order valence-electron chi connectivity index (χ3n) is 4.14. The SMILES string of the molecule is CC(C)CC(C(=O)N1CCNCC1)N1CCCCC1=O.Cl. The van der Waals surface area contributed by atoms with Crippen molar-refractivity contribution in [3.8, 4) is 0 Å². The minimum absolute atomic E-state index is 0. The quantitative estimate of drug-likeness (QED) is 0.849. The highest BCUT2D eigenvalue weighted by Crippen LogP contribution is 2.20. The van der Waals surface area contributed by atoms with Crippen LogP contribution in [0.5, 0.6) is 0 Å². The molecule has 2 aliphatic rings. The van der Waals surface area contributed by atoms with Crippen LogP contribution in [-0.2, 0) is 9.59 Å². The number of hydrogen-bond acceptors (Lipinski definition) is 3. The topological polar surface area (TPSA) is 52.7 Å². The molecule has 0 spiro atoms. The molecular weight excluding hydrogens is 290 g/mol. The van der Waals surface area contributed by atoms with Gasteiger partial charge in [-0.1, -0.05) is 13.8 Å². The largest absolute Gasteiger partial charge is 0.338 e. The second-order valence-electron chi connectivity index (χ2n) is 6.26. The average Bonchev–Trinajstić information content (AvgIpc) is 2.46. The number of hydrogen-bond donors (Lipinski definition) is 1. The van der Waals surface area contributed by atoms with E-state index in [2.05, 4.69) is 19.2 Å². The highest BCUT2D eigenvalue weighted by Gasteiger charge is 2.34. The third kappa shape index (κ3) is 4.85. The zero-order valence-corrected chi connectivity index (χ0v) is 14.0. The molecule has 1 atom stereocenters. The van der Waals surface area contributed by atoms with Gasteiger partial charge in [0.25, 0.3) is 0 Å². The van der Waals surface area contributed by atoms with Gasteiger partial charge in [0.05, 0.1) is 0 Å². The van der Waals surface area contributed by atoms with Crippen molar-refractivity contribution in [3.05, 3.63) is 0 Å². The Bertz CT molecular complexity index is 357. The van der Waals surface area contributed by atoms with Crippen molar-refractivity contribution in [2.75, 3.05) is 32.7 Å². The van der Waals surface area contributed by atoms with E-state index in [1.54, 1.807) is 0 Å². The highest BCUT2D eigenvalue weighted by molar-refractivity contribution is 5.88. The van der Waals surface area contributed by atoms with E-state index < -0.39 is 0 Å². The molecule has 2 rings (SSSR count). The lowest BCUT2D eigenvalue weighted by Crippen LogP contribution is -2.56. The van der Waals surface area contributed by atoms with Gasteiger partial charge in [-0.05, 0) is 25.2 Å². The van der Waals surface area contributed by atoms with Crippen LogP contribution >= 0.6 is 12.4 Å². The molecule has 2 amide bonds. The van der Waals surface area contributed by atoms with Gasteiger partial charge in [-0.15, -0.1) is 12.4 Å². The maximum absolute atomic E-state index is 12.8. The second kappa shape index (κ2) is 8.59. The molecule has 21 heavy (non-hydrogen) atoms. The molecule has 1 unspecified atom stereocenters. The van der Waals surface area contributed by atoms with Gasteiger partial charge in [0.15, 0.2) is 0 Å². The van der Waals surface area contributed by atoms with Crippen LogP contribution in [0, 0.1) is 5.92 Å². The van der Waals surface area contributed by atoms with Gasteiger partial charge in [-0.25, -0.2) is 0 Å². The number of nitrogens with zero attached hydrogens (tertiary/aromatic N) is 2. The molecule has 0 aliphatic carbocycles. The van der Waals surface area contributed by atoms with Crippen molar-refractivity contribution in [3.63, 3.8) is 0 Å². The van der Waals surface area contributed by atoms with Gasteiger partial charge in [0, 0.05) is 39.1 Å². The molecule has 2 heterocycles. The summed E-state index contributed by atoms with van der Waals surface area (Å²) in [6.45, 7) is 8.21. The van der Waals surface area contributed by atoms with E-state index >= 15 is 0 Å². The first kappa shape index (κ1) is 18.2. The number of amides is 2. The third-order valence-corrected chi connectivity index (χ3v) is 4.14. The lowest BCUT2D eigenvalue weighted by atomic mass is 9.98. The van der Waals surface area contributed by atoms with Crippen LogP contribution in [0.25, 0.3) is 0 Å². The molecular formula is C15H28ClN3O2. The maximum Gasteiger partial charge on any atom is 0.245 e. The van der Waals surface area contributed by atoms with Gasteiger partial charge in [-0.2, -0.15) is 0 Å². The monoisotopic (exact) mass is 317 g/mol. The van der Waals surface area contributed by atoms with E-state index in [1.807, 2.05) is 9.80 Å². The molecule has 0 aromatic heterocycles. The molecule has 1 N–H and O–H groups in total. The summed E-state index contributed by atoms with van der Waals surface area (Å²) in [6.07, 6.45) is 3.36. The fourth-order valence-corrected chi connectivity index (χ4v) is 3.06. The van der Waals surface area contributed by atoms with Gasteiger partial charge in [0.1, 0.15) is 6.04 Å². The summed E-state index contributed by atoms with van der Waals surface area (Å²) in [5, 5.41) is 3.26. The van der Waals surface area contributed by atoms with E-state index in [9.17, 15) is 9.59 Å². The smallest absolute Gasteiger partial charge is 0.245 e. The minimum atomic E-state index is -0.249. The summed E-state index contributed by atoms with van der Waals surface area (Å²) >= 11 is 0. The average molecular weight is 318 g/mol.